The summed E-state index contributed by atoms with van der Waals surface area (Å²) in [6.45, 7) is 0.181. The minimum Gasteiger partial charge on any atom is -0.454 e. The molecule has 2 amide bonds. The molecule has 6 nitrogen and oxygen atoms in total. The zero-order valence-corrected chi connectivity index (χ0v) is 18.4. The average molecular weight is 446 g/mol. The molecular weight excluding hydrogens is 423 g/mol. The van der Waals surface area contributed by atoms with Crippen LogP contribution in [-0.4, -0.2) is 37.6 Å². The molecule has 0 unspecified atom stereocenters. The number of carbonyl (C=O) groups excluding carboxylic acids is 2. The fraction of sp³-hybridized carbons (Fsp3) is 0.231. The smallest absolute Gasteiger partial charge is 0.253 e. The van der Waals surface area contributed by atoms with E-state index in [-0.39, 0.29) is 18.6 Å². The van der Waals surface area contributed by atoms with Crippen LogP contribution >= 0.6 is 0 Å². The number of nitrogens with zero attached hydrogens (tertiary/aromatic N) is 1. The first-order chi connectivity index (χ1) is 15.9. The molecule has 1 N–H and O–H groups in total. The first-order valence-electron chi connectivity index (χ1n) is 10.7. The topological polar surface area (TPSA) is 67.9 Å². The predicted octanol–water partition coefficient (Wildman–Crippen LogP) is 4.59. The fourth-order valence-corrected chi connectivity index (χ4v) is 4.09. The Morgan fingerprint density at radius 1 is 0.939 bits per heavy atom. The van der Waals surface area contributed by atoms with Crippen molar-refractivity contribution in [3.63, 3.8) is 0 Å². The molecule has 0 saturated heterocycles. The first kappa shape index (κ1) is 21.0. The molecule has 3 aromatic carbocycles. The molecule has 33 heavy (non-hydrogen) atoms. The molecule has 1 aliphatic heterocycles. The van der Waals surface area contributed by atoms with Crippen LogP contribution in [0.1, 0.15) is 28.8 Å². The van der Waals surface area contributed by atoms with E-state index in [0.717, 1.165) is 18.4 Å². The molecule has 0 atom stereocenters. The van der Waals surface area contributed by atoms with Crippen LogP contribution < -0.4 is 14.8 Å². The molecule has 2 aliphatic rings. The van der Waals surface area contributed by atoms with Crippen molar-refractivity contribution in [2.75, 3.05) is 26.2 Å². The number of nitrogens with one attached hydrogen (secondary N) is 1. The summed E-state index contributed by atoms with van der Waals surface area (Å²) in [6.07, 6.45) is 1.46. The fourth-order valence-electron chi connectivity index (χ4n) is 4.09. The van der Waals surface area contributed by atoms with E-state index < -0.39 is 11.2 Å². The molecule has 1 fully saturated rings. The van der Waals surface area contributed by atoms with Gasteiger partial charge in [0, 0.05) is 30.9 Å². The highest BCUT2D eigenvalue weighted by molar-refractivity contribution is 6.02. The van der Waals surface area contributed by atoms with E-state index >= 15 is 0 Å². The Balaban J connectivity index is 1.37. The average Bonchev–Trinajstić information content (AvgIpc) is 3.50. The van der Waals surface area contributed by atoms with Gasteiger partial charge in [-0.1, -0.05) is 18.2 Å². The summed E-state index contributed by atoms with van der Waals surface area (Å²) in [5.41, 5.74) is 2.27. The van der Waals surface area contributed by atoms with Gasteiger partial charge in [0.05, 0.1) is 5.41 Å². The molecule has 3 aromatic rings. The monoisotopic (exact) mass is 446 g/mol. The summed E-state index contributed by atoms with van der Waals surface area (Å²) in [5.74, 6) is 0.659. The van der Waals surface area contributed by atoms with Gasteiger partial charge < -0.3 is 19.7 Å². The first-order valence-corrected chi connectivity index (χ1v) is 10.7. The van der Waals surface area contributed by atoms with E-state index in [4.69, 9.17) is 9.47 Å². The van der Waals surface area contributed by atoms with Crippen molar-refractivity contribution in [1.82, 2.24) is 4.90 Å². The molecule has 5 rings (SSSR count). The standard InChI is InChI=1S/C26H23FN2O4/c1-29(2)24(30)17-5-3-16(4-6-17)20-14-19(8-9-21(20)27)28-25(31)26(11-12-26)18-7-10-22-23(13-18)33-15-32-22/h3-10,13-14H,11-12,15H2,1-2H3,(H,28,31). The summed E-state index contributed by atoms with van der Waals surface area (Å²) in [5, 5.41) is 2.95. The number of hydrogen-bond donors (Lipinski definition) is 1. The normalized spacial score (nSPS) is 15.1. The van der Waals surface area contributed by atoms with Crippen molar-refractivity contribution in [2.24, 2.45) is 0 Å². The molecule has 0 aromatic heterocycles. The molecule has 0 radical (unpaired) electrons. The summed E-state index contributed by atoms with van der Waals surface area (Å²) in [7, 11) is 3.36. The number of carbonyl (C=O) groups is 2. The number of anilines is 1. The Hall–Kier alpha value is -3.87. The van der Waals surface area contributed by atoms with Crippen LogP contribution in [0, 0.1) is 5.82 Å². The number of hydrogen-bond acceptors (Lipinski definition) is 4. The summed E-state index contributed by atoms with van der Waals surface area (Å²) in [6, 6.07) is 16.8. The van der Waals surface area contributed by atoms with Crippen molar-refractivity contribution in [3.8, 4) is 22.6 Å². The maximum atomic E-state index is 14.6. The third kappa shape index (κ3) is 3.80. The van der Waals surface area contributed by atoms with E-state index in [1.807, 2.05) is 18.2 Å². The highest BCUT2D eigenvalue weighted by atomic mass is 19.1. The van der Waals surface area contributed by atoms with Crippen molar-refractivity contribution in [1.29, 1.82) is 0 Å². The number of benzene rings is 3. The third-order valence-electron chi connectivity index (χ3n) is 6.18. The van der Waals surface area contributed by atoms with Gasteiger partial charge in [0.15, 0.2) is 11.5 Å². The molecule has 0 spiro atoms. The van der Waals surface area contributed by atoms with Crippen LogP contribution in [0.3, 0.4) is 0 Å². The van der Waals surface area contributed by atoms with Crippen LogP contribution in [0.25, 0.3) is 11.1 Å². The highest BCUT2D eigenvalue weighted by Gasteiger charge is 2.51. The molecule has 1 saturated carbocycles. The lowest BCUT2D eigenvalue weighted by Crippen LogP contribution is -2.27. The minimum absolute atomic E-state index is 0.124. The van der Waals surface area contributed by atoms with Crippen LogP contribution in [0.5, 0.6) is 11.5 Å². The van der Waals surface area contributed by atoms with Gasteiger partial charge in [-0.15, -0.1) is 0 Å². The zero-order chi connectivity index (χ0) is 23.2. The molecule has 7 heteroatoms. The van der Waals surface area contributed by atoms with E-state index in [1.54, 1.807) is 50.5 Å². The zero-order valence-electron chi connectivity index (χ0n) is 18.4. The molecule has 1 aliphatic carbocycles. The number of rotatable bonds is 5. The summed E-state index contributed by atoms with van der Waals surface area (Å²) < 4.78 is 25.4. The van der Waals surface area contributed by atoms with Gasteiger partial charge in [-0.3, -0.25) is 9.59 Å². The Labute approximate surface area is 190 Å². The molecule has 1 heterocycles. The predicted molar refractivity (Wildman–Crippen MR) is 122 cm³/mol. The second kappa shape index (κ2) is 7.92. The Bertz CT molecular complexity index is 1250. The van der Waals surface area contributed by atoms with E-state index in [0.29, 0.717) is 33.9 Å². The van der Waals surface area contributed by atoms with Gasteiger partial charge in [-0.25, -0.2) is 4.39 Å². The molecule has 168 valence electrons. The Morgan fingerprint density at radius 2 is 1.67 bits per heavy atom. The second-order valence-corrected chi connectivity index (χ2v) is 8.58. The molecule has 0 bridgehead atoms. The quantitative estimate of drug-likeness (QED) is 0.622. The highest BCUT2D eigenvalue weighted by Crippen LogP contribution is 2.51. The summed E-state index contributed by atoms with van der Waals surface area (Å²) >= 11 is 0. The van der Waals surface area contributed by atoms with Crippen molar-refractivity contribution in [2.45, 2.75) is 18.3 Å². The Kier molecular flexibility index (Phi) is 5.04. The van der Waals surface area contributed by atoms with Gasteiger partial charge in [0.25, 0.3) is 5.91 Å². The lowest BCUT2D eigenvalue weighted by Gasteiger charge is -2.17. The van der Waals surface area contributed by atoms with Crippen LogP contribution in [0.4, 0.5) is 10.1 Å². The Morgan fingerprint density at radius 3 is 2.36 bits per heavy atom. The largest absolute Gasteiger partial charge is 0.454 e. The van der Waals surface area contributed by atoms with E-state index in [1.165, 1.54) is 11.0 Å². The van der Waals surface area contributed by atoms with Crippen molar-refractivity contribution in [3.05, 3.63) is 77.6 Å². The van der Waals surface area contributed by atoms with Crippen LogP contribution in [0.2, 0.25) is 0 Å². The summed E-state index contributed by atoms with van der Waals surface area (Å²) in [4.78, 5) is 26.8. The van der Waals surface area contributed by atoms with Crippen LogP contribution in [-0.2, 0) is 10.2 Å². The van der Waals surface area contributed by atoms with Gasteiger partial charge in [0.2, 0.25) is 12.7 Å². The van der Waals surface area contributed by atoms with Crippen molar-refractivity contribution >= 4 is 17.5 Å². The van der Waals surface area contributed by atoms with Gasteiger partial charge in [-0.2, -0.15) is 0 Å². The number of amides is 2. The lowest BCUT2D eigenvalue weighted by molar-refractivity contribution is -0.118. The second-order valence-electron chi connectivity index (χ2n) is 8.58. The van der Waals surface area contributed by atoms with E-state index in [9.17, 15) is 14.0 Å². The van der Waals surface area contributed by atoms with Gasteiger partial charge >= 0.3 is 0 Å². The maximum absolute atomic E-state index is 14.6. The number of fused-ring (bicyclic) bond motifs is 1. The van der Waals surface area contributed by atoms with Crippen molar-refractivity contribution < 1.29 is 23.5 Å². The number of ether oxygens (including phenoxy) is 2. The minimum atomic E-state index is -0.621. The number of halogens is 1. The SMILES string of the molecule is CN(C)C(=O)c1ccc(-c2cc(NC(=O)C3(c4ccc5c(c4)OCO5)CC3)ccc2F)cc1. The lowest BCUT2D eigenvalue weighted by atomic mass is 9.94. The maximum Gasteiger partial charge on any atom is 0.253 e. The van der Waals surface area contributed by atoms with Gasteiger partial charge in [-0.05, 0) is 66.4 Å². The third-order valence-corrected chi connectivity index (χ3v) is 6.18. The van der Waals surface area contributed by atoms with E-state index in [2.05, 4.69) is 5.32 Å². The molecular formula is C26H23FN2O4. The van der Waals surface area contributed by atoms with Gasteiger partial charge in [0.1, 0.15) is 5.82 Å². The van der Waals surface area contributed by atoms with Crippen LogP contribution in [0.15, 0.2) is 60.7 Å².